The predicted octanol–water partition coefficient (Wildman–Crippen LogP) is 3.95. The number of fused-ring (bicyclic) bond motifs is 1. The number of allylic oxidation sites excluding steroid dienone is 1. The molecule has 0 aliphatic carbocycles. The van der Waals surface area contributed by atoms with Gasteiger partial charge in [0.05, 0.1) is 16.7 Å². The molecule has 8 nitrogen and oxygen atoms in total. The summed E-state index contributed by atoms with van der Waals surface area (Å²) >= 11 is 6.43. The fourth-order valence-corrected chi connectivity index (χ4v) is 3.96. The van der Waals surface area contributed by atoms with Gasteiger partial charge in [-0.2, -0.15) is 5.10 Å². The van der Waals surface area contributed by atoms with Gasteiger partial charge in [0.15, 0.2) is 5.76 Å². The second kappa shape index (κ2) is 8.03. The van der Waals surface area contributed by atoms with E-state index in [0.29, 0.717) is 22.8 Å². The Balaban J connectivity index is 1.75. The SMILES string of the molecule is CCn1ncc2c(Cl)cc(-c3ccc(C(C=C4OC(=O)NC4=O)C(C)C)c(=O)[nH]3)cc21. The molecule has 31 heavy (non-hydrogen) atoms. The summed E-state index contributed by atoms with van der Waals surface area (Å²) in [5, 5.41) is 7.79. The number of aryl methyl sites for hydroxylation is 1. The molecule has 4 rings (SSSR count). The van der Waals surface area contributed by atoms with Crippen molar-refractivity contribution < 1.29 is 14.3 Å². The number of hydrogen-bond acceptors (Lipinski definition) is 5. The number of aromatic nitrogens is 3. The number of carbonyl (C=O) groups excluding carboxylic acids is 2. The summed E-state index contributed by atoms with van der Waals surface area (Å²) in [5.41, 5.74) is 2.43. The number of ether oxygens (including phenoxy) is 1. The van der Waals surface area contributed by atoms with Crippen LogP contribution in [0.5, 0.6) is 0 Å². The number of nitrogens with zero attached hydrogens (tertiary/aromatic N) is 2. The molecule has 1 atom stereocenters. The van der Waals surface area contributed by atoms with E-state index in [2.05, 4.69) is 15.4 Å². The Morgan fingerprint density at radius 1 is 1.23 bits per heavy atom. The Morgan fingerprint density at radius 2 is 2.00 bits per heavy atom. The van der Waals surface area contributed by atoms with E-state index in [1.54, 1.807) is 24.4 Å². The maximum atomic E-state index is 13.0. The molecule has 2 amide bonds. The van der Waals surface area contributed by atoms with Gasteiger partial charge in [-0.3, -0.25) is 19.6 Å². The van der Waals surface area contributed by atoms with Crippen LogP contribution in [0.3, 0.4) is 0 Å². The molecule has 1 aliphatic rings. The Bertz CT molecular complexity index is 1290. The normalized spacial score (nSPS) is 16.2. The number of cyclic esters (lactones) is 1. The van der Waals surface area contributed by atoms with Gasteiger partial charge in [0.1, 0.15) is 0 Å². The van der Waals surface area contributed by atoms with Crippen molar-refractivity contribution in [2.45, 2.75) is 33.2 Å². The van der Waals surface area contributed by atoms with E-state index in [0.717, 1.165) is 16.5 Å². The van der Waals surface area contributed by atoms with Crippen LogP contribution in [-0.4, -0.2) is 26.8 Å². The number of imide groups is 1. The number of pyridine rings is 1. The van der Waals surface area contributed by atoms with Crippen LogP contribution in [0.25, 0.3) is 22.2 Å². The summed E-state index contributed by atoms with van der Waals surface area (Å²) in [6.45, 7) is 6.53. The lowest BCUT2D eigenvalue weighted by molar-refractivity contribution is -0.116. The molecule has 2 aromatic heterocycles. The molecule has 1 fully saturated rings. The van der Waals surface area contributed by atoms with E-state index >= 15 is 0 Å². The predicted molar refractivity (Wildman–Crippen MR) is 117 cm³/mol. The molecule has 9 heteroatoms. The highest BCUT2D eigenvalue weighted by atomic mass is 35.5. The van der Waals surface area contributed by atoms with Crippen LogP contribution in [0.1, 0.15) is 32.3 Å². The van der Waals surface area contributed by atoms with Crippen LogP contribution in [0.2, 0.25) is 5.02 Å². The molecular weight excluding hydrogens is 420 g/mol. The van der Waals surface area contributed by atoms with Gasteiger partial charge in [0.25, 0.3) is 11.5 Å². The Hall–Kier alpha value is -3.39. The van der Waals surface area contributed by atoms with E-state index in [1.807, 2.05) is 31.5 Å². The molecule has 2 N–H and O–H groups in total. The average Bonchev–Trinajstić information content (AvgIpc) is 3.28. The molecule has 1 aliphatic heterocycles. The van der Waals surface area contributed by atoms with Crippen LogP contribution >= 0.6 is 11.6 Å². The number of H-pyrrole nitrogens is 1. The Kier molecular flexibility index (Phi) is 5.41. The number of alkyl carbamates (subject to hydrolysis) is 1. The first-order chi connectivity index (χ1) is 14.8. The van der Waals surface area contributed by atoms with Crippen LogP contribution in [-0.2, 0) is 16.1 Å². The maximum absolute atomic E-state index is 13.0. The number of nitrogens with one attached hydrogen (secondary N) is 2. The van der Waals surface area contributed by atoms with Crippen LogP contribution in [0.15, 0.2) is 47.1 Å². The van der Waals surface area contributed by atoms with Gasteiger partial charge < -0.3 is 9.72 Å². The van der Waals surface area contributed by atoms with E-state index in [1.165, 1.54) is 6.08 Å². The smallest absolute Gasteiger partial charge is 0.404 e. The Morgan fingerprint density at radius 3 is 2.61 bits per heavy atom. The summed E-state index contributed by atoms with van der Waals surface area (Å²) in [4.78, 5) is 39.0. The van der Waals surface area contributed by atoms with Crippen LogP contribution in [0, 0.1) is 5.92 Å². The van der Waals surface area contributed by atoms with Crippen molar-refractivity contribution in [3.8, 4) is 11.3 Å². The molecule has 1 saturated heterocycles. The summed E-state index contributed by atoms with van der Waals surface area (Å²) in [7, 11) is 0. The number of hydrogen-bond donors (Lipinski definition) is 2. The number of rotatable bonds is 5. The maximum Gasteiger partial charge on any atom is 0.419 e. The zero-order chi connectivity index (χ0) is 22.3. The molecule has 0 bridgehead atoms. The fourth-order valence-electron chi connectivity index (χ4n) is 3.70. The highest BCUT2D eigenvalue weighted by molar-refractivity contribution is 6.35. The average molecular weight is 441 g/mol. The highest BCUT2D eigenvalue weighted by Crippen LogP contribution is 2.31. The van der Waals surface area contributed by atoms with Crippen molar-refractivity contribution >= 4 is 34.5 Å². The van der Waals surface area contributed by atoms with Crippen LogP contribution in [0.4, 0.5) is 4.79 Å². The van der Waals surface area contributed by atoms with Crippen molar-refractivity contribution in [3.63, 3.8) is 0 Å². The fraction of sp³-hybridized carbons (Fsp3) is 0.273. The molecule has 0 radical (unpaired) electrons. The van der Waals surface area contributed by atoms with Crippen molar-refractivity contribution in [2.75, 3.05) is 0 Å². The molecule has 3 aromatic rings. The third kappa shape index (κ3) is 3.86. The van der Waals surface area contributed by atoms with Gasteiger partial charge in [-0.05, 0) is 37.1 Å². The van der Waals surface area contributed by atoms with E-state index in [-0.39, 0.29) is 17.2 Å². The van der Waals surface area contributed by atoms with Crippen molar-refractivity contribution in [1.82, 2.24) is 20.1 Å². The molecule has 1 unspecified atom stereocenters. The first-order valence-corrected chi connectivity index (χ1v) is 10.3. The zero-order valence-electron chi connectivity index (χ0n) is 17.2. The number of halogens is 1. The van der Waals surface area contributed by atoms with Gasteiger partial charge >= 0.3 is 6.09 Å². The van der Waals surface area contributed by atoms with Gasteiger partial charge in [-0.1, -0.05) is 31.5 Å². The minimum atomic E-state index is -0.818. The first kappa shape index (κ1) is 20.9. The number of aromatic amines is 1. The highest BCUT2D eigenvalue weighted by Gasteiger charge is 2.29. The standard InChI is InChI=1S/C22H21ClN4O4/c1-4-27-18-8-12(7-16(23)15(18)10-24-27)17-6-5-13(20(28)25-17)14(11(2)3)9-19-21(29)26-22(30)31-19/h5-11,14H,4H2,1-3H3,(H,25,28)(H,26,29,30). The second-order valence-corrected chi connectivity index (χ2v) is 8.06. The lowest BCUT2D eigenvalue weighted by Gasteiger charge is -2.17. The Labute approximate surface area is 182 Å². The van der Waals surface area contributed by atoms with Crippen LogP contribution < -0.4 is 10.9 Å². The van der Waals surface area contributed by atoms with Gasteiger partial charge in [-0.25, -0.2) is 4.79 Å². The molecule has 160 valence electrons. The van der Waals surface area contributed by atoms with Crippen molar-refractivity contribution in [3.05, 3.63) is 63.2 Å². The quantitative estimate of drug-likeness (QED) is 0.584. The van der Waals surface area contributed by atoms with Crippen molar-refractivity contribution in [1.29, 1.82) is 0 Å². The summed E-state index contributed by atoms with van der Waals surface area (Å²) in [6.07, 6.45) is 2.42. The number of carbonyl (C=O) groups is 2. The minimum Gasteiger partial charge on any atom is -0.404 e. The van der Waals surface area contributed by atoms with E-state index < -0.39 is 17.9 Å². The summed E-state index contributed by atoms with van der Waals surface area (Å²) in [6, 6.07) is 7.25. The minimum absolute atomic E-state index is 0.0174. The topological polar surface area (TPSA) is 106 Å². The third-order valence-corrected chi connectivity index (χ3v) is 5.63. The van der Waals surface area contributed by atoms with Gasteiger partial charge in [0.2, 0.25) is 0 Å². The summed E-state index contributed by atoms with van der Waals surface area (Å²) < 4.78 is 6.74. The van der Waals surface area contributed by atoms with Gasteiger partial charge in [-0.15, -0.1) is 0 Å². The molecular formula is C22H21ClN4O4. The molecule has 3 heterocycles. The summed E-state index contributed by atoms with van der Waals surface area (Å²) in [5.74, 6) is -1.15. The van der Waals surface area contributed by atoms with Crippen molar-refractivity contribution in [2.24, 2.45) is 5.92 Å². The lowest BCUT2D eigenvalue weighted by atomic mass is 9.88. The first-order valence-electron chi connectivity index (χ1n) is 9.92. The second-order valence-electron chi connectivity index (χ2n) is 7.65. The zero-order valence-corrected chi connectivity index (χ0v) is 18.0. The van der Waals surface area contributed by atoms with E-state index in [4.69, 9.17) is 16.3 Å². The largest absolute Gasteiger partial charge is 0.419 e. The van der Waals surface area contributed by atoms with E-state index in [9.17, 15) is 14.4 Å². The molecule has 1 aromatic carbocycles. The molecule has 0 saturated carbocycles. The number of benzene rings is 1. The third-order valence-electron chi connectivity index (χ3n) is 5.31. The molecule has 0 spiro atoms. The number of amides is 2. The monoisotopic (exact) mass is 440 g/mol. The lowest BCUT2D eigenvalue weighted by Crippen LogP contribution is -2.21. The van der Waals surface area contributed by atoms with Gasteiger partial charge in [0, 0.05) is 34.7 Å².